The fourth-order valence-electron chi connectivity index (χ4n) is 1.60. The monoisotopic (exact) mass is 327 g/mol. The van der Waals surface area contributed by atoms with Gasteiger partial charge in [-0.15, -0.1) is 11.3 Å². The van der Waals surface area contributed by atoms with Gasteiger partial charge < -0.3 is 9.84 Å². The van der Waals surface area contributed by atoms with E-state index in [1.165, 1.54) is 0 Å². The van der Waals surface area contributed by atoms with Crippen molar-refractivity contribution < 1.29 is 9.84 Å². The zero-order chi connectivity index (χ0) is 13.0. The lowest BCUT2D eigenvalue weighted by Gasteiger charge is -2.03. The van der Waals surface area contributed by atoms with E-state index in [2.05, 4.69) is 20.9 Å². The summed E-state index contributed by atoms with van der Waals surface area (Å²) in [6, 6.07) is 7.89. The molecule has 0 saturated carbocycles. The fourth-order valence-corrected chi connectivity index (χ4v) is 3.27. The highest BCUT2D eigenvalue weighted by atomic mass is 79.9. The fraction of sp³-hybridized carbons (Fsp3) is 0.308. The average Bonchev–Trinajstić information content (AvgIpc) is 2.73. The Kier molecular flexibility index (Phi) is 4.74. The van der Waals surface area contributed by atoms with Crippen LogP contribution in [0.15, 0.2) is 28.9 Å². The van der Waals surface area contributed by atoms with Crippen molar-refractivity contribution in [2.75, 3.05) is 13.2 Å². The number of rotatable bonds is 5. The van der Waals surface area contributed by atoms with Gasteiger partial charge in [0.1, 0.15) is 15.4 Å². The summed E-state index contributed by atoms with van der Waals surface area (Å²) < 4.78 is 6.30. The third-order valence-electron chi connectivity index (χ3n) is 2.38. The van der Waals surface area contributed by atoms with Crippen LogP contribution in [0.25, 0.3) is 10.6 Å². The number of hydrogen-bond acceptors (Lipinski definition) is 4. The van der Waals surface area contributed by atoms with Crippen molar-refractivity contribution in [3.63, 3.8) is 0 Å². The molecule has 96 valence electrons. The number of aromatic nitrogens is 1. The molecule has 0 saturated heterocycles. The van der Waals surface area contributed by atoms with E-state index in [0.717, 1.165) is 25.8 Å². The Labute approximate surface area is 119 Å². The first kappa shape index (κ1) is 13.5. The summed E-state index contributed by atoms with van der Waals surface area (Å²) in [6.45, 7) is 2.76. The molecule has 1 heterocycles. The lowest BCUT2D eigenvalue weighted by molar-refractivity contribution is 0.300. The maximum Gasteiger partial charge on any atom is 0.125 e. The molecule has 0 radical (unpaired) electrons. The van der Waals surface area contributed by atoms with Gasteiger partial charge >= 0.3 is 0 Å². The van der Waals surface area contributed by atoms with Gasteiger partial charge in [-0.1, -0.05) is 12.1 Å². The van der Waals surface area contributed by atoms with Crippen molar-refractivity contribution >= 4 is 27.3 Å². The zero-order valence-electron chi connectivity index (χ0n) is 10.0. The first-order chi connectivity index (χ1) is 8.74. The number of halogens is 1. The molecule has 0 amide bonds. The van der Waals surface area contributed by atoms with E-state index in [9.17, 15) is 0 Å². The van der Waals surface area contributed by atoms with Crippen LogP contribution >= 0.6 is 27.3 Å². The molecule has 1 N–H and O–H groups in total. The number of hydrogen-bond donors (Lipinski definition) is 1. The van der Waals surface area contributed by atoms with E-state index in [-0.39, 0.29) is 6.61 Å². The van der Waals surface area contributed by atoms with Crippen molar-refractivity contribution in [3.05, 3.63) is 33.7 Å². The lowest BCUT2D eigenvalue weighted by atomic mass is 10.2. The molecule has 5 heteroatoms. The van der Waals surface area contributed by atoms with Gasteiger partial charge in [0.05, 0.1) is 6.61 Å². The average molecular weight is 328 g/mol. The van der Waals surface area contributed by atoms with E-state index in [0.29, 0.717) is 13.0 Å². The predicted molar refractivity (Wildman–Crippen MR) is 77.2 cm³/mol. The molecule has 0 aliphatic rings. The van der Waals surface area contributed by atoms with Crippen molar-refractivity contribution in [1.29, 1.82) is 0 Å². The molecule has 3 nitrogen and oxygen atoms in total. The van der Waals surface area contributed by atoms with E-state index in [1.807, 2.05) is 31.2 Å². The van der Waals surface area contributed by atoms with Gasteiger partial charge in [-0.2, -0.15) is 0 Å². The van der Waals surface area contributed by atoms with E-state index in [1.54, 1.807) is 11.3 Å². The molecule has 1 aromatic carbocycles. The summed E-state index contributed by atoms with van der Waals surface area (Å²) in [6.07, 6.45) is 0.628. The SMILES string of the molecule is CCOc1cccc(-c2nc(Br)c(CCO)s2)c1. The van der Waals surface area contributed by atoms with Crippen LogP contribution in [0.1, 0.15) is 11.8 Å². The minimum absolute atomic E-state index is 0.138. The van der Waals surface area contributed by atoms with Crippen LogP contribution in [-0.2, 0) is 6.42 Å². The third kappa shape index (κ3) is 3.10. The van der Waals surface area contributed by atoms with Crippen LogP contribution in [0.3, 0.4) is 0 Å². The molecular weight excluding hydrogens is 314 g/mol. The second-order valence-corrected chi connectivity index (χ2v) is 5.50. The van der Waals surface area contributed by atoms with Crippen molar-refractivity contribution in [2.45, 2.75) is 13.3 Å². The van der Waals surface area contributed by atoms with Gasteiger partial charge in [0.15, 0.2) is 0 Å². The highest BCUT2D eigenvalue weighted by molar-refractivity contribution is 9.10. The summed E-state index contributed by atoms with van der Waals surface area (Å²) in [4.78, 5) is 5.53. The first-order valence-corrected chi connectivity index (χ1v) is 7.34. The molecule has 0 aliphatic carbocycles. The van der Waals surface area contributed by atoms with Crippen LogP contribution in [-0.4, -0.2) is 23.3 Å². The van der Waals surface area contributed by atoms with Crippen molar-refractivity contribution in [1.82, 2.24) is 4.98 Å². The van der Waals surface area contributed by atoms with Crippen LogP contribution in [0.4, 0.5) is 0 Å². The van der Waals surface area contributed by atoms with Gasteiger partial charge in [-0.25, -0.2) is 4.98 Å². The maximum atomic E-state index is 8.98. The summed E-state index contributed by atoms with van der Waals surface area (Å²) >= 11 is 5.01. The minimum atomic E-state index is 0.138. The maximum absolute atomic E-state index is 8.98. The zero-order valence-corrected chi connectivity index (χ0v) is 12.4. The lowest BCUT2D eigenvalue weighted by Crippen LogP contribution is -1.90. The smallest absolute Gasteiger partial charge is 0.125 e. The molecule has 0 atom stereocenters. The molecule has 2 rings (SSSR count). The van der Waals surface area contributed by atoms with Crippen LogP contribution in [0, 0.1) is 0 Å². The summed E-state index contributed by atoms with van der Waals surface area (Å²) in [5, 5.41) is 9.91. The Bertz CT molecular complexity index is 527. The molecule has 0 spiro atoms. The van der Waals surface area contributed by atoms with Gasteiger partial charge in [-0.05, 0) is 35.0 Å². The molecular formula is C13H14BrNO2S. The van der Waals surface area contributed by atoms with Crippen molar-refractivity contribution in [3.8, 4) is 16.3 Å². The van der Waals surface area contributed by atoms with Crippen LogP contribution < -0.4 is 4.74 Å². The molecule has 0 fully saturated rings. The molecule has 0 aliphatic heterocycles. The first-order valence-electron chi connectivity index (χ1n) is 5.74. The number of ether oxygens (including phenoxy) is 1. The number of aliphatic hydroxyl groups excluding tert-OH is 1. The van der Waals surface area contributed by atoms with Gasteiger partial charge in [0.2, 0.25) is 0 Å². The summed E-state index contributed by atoms with van der Waals surface area (Å²) in [5.74, 6) is 0.852. The standard InChI is InChI=1S/C13H14BrNO2S/c1-2-17-10-5-3-4-9(8-10)13-15-12(14)11(18-13)6-7-16/h3-5,8,16H,2,6-7H2,1H3. The van der Waals surface area contributed by atoms with Crippen LogP contribution in [0.5, 0.6) is 5.75 Å². The molecule has 1 aromatic heterocycles. The Balaban J connectivity index is 2.30. The summed E-state index contributed by atoms with van der Waals surface area (Å²) in [7, 11) is 0. The highest BCUT2D eigenvalue weighted by Crippen LogP contribution is 2.32. The topological polar surface area (TPSA) is 42.4 Å². The second-order valence-electron chi connectivity index (χ2n) is 3.67. The normalized spacial score (nSPS) is 10.6. The van der Waals surface area contributed by atoms with E-state index >= 15 is 0 Å². The highest BCUT2D eigenvalue weighted by Gasteiger charge is 2.10. The molecule has 0 bridgehead atoms. The Morgan fingerprint density at radius 1 is 1.44 bits per heavy atom. The number of aliphatic hydroxyl groups is 1. The Morgan fingerprint density at radius 3 is 3.00 bits per heavy atom. The summed E-state index contributed by atoms with van der Waals surface area (Å²) in [5.41, 5.74) is 1.04. The molecule has 2 aromatic rings. The van der Waals surface area contributed by atoms with E-state index < -0.39 is 0 Å². The quantitative estimate of drug-likeness (QED) is 0.913. The van der Waals surface area contributed by atoms with Gasteiger partial charge in [-0.3, -0.25) is 0 Å². The van der Waals surface area contributed by atoms with Crippen LogP contribution in [0.2, 0.25) is 0 Å². The number of benzene rings is 1. The van der Waals surface area contributed by atoms with Gasteiger partial charge in [0, 0.05) is 23.5 Å². The largest absolute Gasteiger partial charge is 0.494 e. The Morgan fingerprint density at radius 2 is 2.28 bits per heavy atom. The predicted octanol–water partition coefficient (Wildman–Crippen LogP) is 3.51. The van der Waals surface area contributed by atoms with E-state index in [4.69, 9.17) is 9.84 Å². The third-order valence-corrected chi connectivity index (χ3v) is 4.46. The minimum Gasteiger partial charge on any atom is -0.494 e. The van der Waals surface area contributed by atoms with Crippen molar-refractivity contribution in [2.24, 2.45) is 0 Å². The number of thiazole rings is 1. The Hall–Kier alpha value is -0.910. The molecule has 0 unspecified atom stereocenters. The number of nitrogens with zero attached hydrogens (tertiary/aromatic N) is 1. The molecule has 18 heavy (non-hydrogen) atoms. The second kappa shape index (κ2) is 6.31. The van der Waals surface area contributed by atoms with Gasteiger partial charge in [0.25, 0.3) is 0 Å².